The van der Waals surface area contributed by atoms with Crippen molar-refractivity contribution >= 4 is 11.6 Å². The van der Waals surface area contributed by atoms with Crippen molar-refractivity contribution in [3.8, 4) is 0 Å². The van der Waals surface area contributed by atoms with Crippen molar-refractivity contribution in [3.05, 3.63) is 34.1 Å². The Morgan fingerprint density at radius 2 is 1.77 bits per heavy atom. The Morgan fingerprint density at radius 1 is 1.23 bits per heavy atom. The van der Waals surface area contributed by atoms with Crippen LogP contribution in [0.5, 0.6) is 0 Å². The molecule has 0 atom stereocenters. The van der Waals surface area contributed by atoms with Gasteiger partial charge in [0.15, 0.2) is 0 Å². The third-order valence-corrected chi connectivity index (χ3v) is 2.01. The summed E-state index contributed by atoms with van der Waals surface area (Å²) in [5, 5.41) is -0.215. The van der Waals surface area contributed by atoms with E-state index in [4.69, 9.17) is 11.6 Å². The lowest BCUT2D eigenvalue weighted by atomic mass is 10.1. The van der Waals surface area contributed by atoms with Gasteiger partial charge >= 0.3 is 6.18 Å². The number of hydrogen-bond donors (Lipinski definition) is 0. The molecule has 0 aliphatic heterocycles. The zero-order chi connectivity index (χ0) is 10.2. The van der Waals surface area contributed by atoms with Crippen molar-refractivity contribution in [2.75, 3.05) is 0 Å². The third-order valence-electron chi connectivity index (χ3n) is 1.61. The number of benzene rings is 1. The van der Waals surface area contributed by atoms with Gasteiger partial charge in [0.05, 0.1) is 5.56 Å². The summed E-state index contributed by atoms with van der Waals surface area (Å²) in [5.41, 5.74) is -1.19. The third kappa shape index (κ3) is 2.12. The molecule has 0 saturated carbocycles. The Hall–Kier alpha value is -0.770. The van der Waals surface area contributed by atoms with Gasteiger partial charge in [-0.25, -0.2) is 4.39 Å². The average Bonchev–Trinajstić information content (AvgIpc) is 1.94. The smallest absolute Gasteiger partial charge is 0.207 e. The minimum Gasteiger partial charge on any atom is -0.207 e. The van der Waals surface area contributed by atoms with Gasteiger partial charge < -0.3 is 0 Å². The zero-order valence-corrected chi connectivity index (χ0v) is 7.30. The maximum atomic E-state index is 12.6. The SMILES string of the molecule is Cc1c(Cl)cc(F)cc1C(F)(F)F. The summed E-state index contributed by atoms with van der Waals surface area (Å²) in [6.07, 6.45) is -4.56. The molecule has 13 heavy (non-hydrogen) atoms. The summed E-state index contributed by atoms with van der Waals surface area (Å²) in [7, 11) is 0. The second kappa shape index (κ2) is 3.18. The molecule has 0 saturated heterocycles. The van der Waals surface area contributed by atoms with Crippen LogP contribution in [0.15, 0.2) is 12.1 Å². The number of halogens is 5. The highest BCUT2D eigenvalue weighted by molar-refractivity contribution is 6.31. The molecular weight excluding hydrogens is 208 g/mol. The van der Waals surface area contributed by atoms with Crippen LogP contribution in [0.3, 0.4) is 0 Å². The van der Waals surface area contributed by atoms with Crippen LogP contribution in [0.2, 0.25) is 5.02 Å². The van der Waals surface area contributed by atoms with E-state index in [1.165, 1.54) is 6.92 Å². The van der Waals surface area contributed by atoms with Gasteiger partial charge in [0.1, 0.15) is 5.82 Å². The van der Waals surface area contributed by atoms with Gasteiger partial charge in [-0.15, -0.1) is 0 Å². The van der Waals surface area contributed by atoms with E-state index in [-0.39, 0.29) is 10.6 Å². The van der Waals surface area contributed by atoms with Crippen molar-refractivity contribution in [2.45, 2.75) is 13.1 Å². The maximum absolute atomic E-state index is 12.6. The van der Waals surface area contributed by atoms with Crippen LogP contribution in [-0.4, -0.2) is 0 Å². The van der Waals surface area contributed by atoms with Gasteiger partial charge in [0.2, 0.25) is 0 Å². The first-order valence-corrected chi connectivity index (χ1v) is 3.73. The molecule has 1 aromatic rings. The lowest BCUT2D eigenvalue weighted by Crippen LogP contribution is -2.08. The Bertz CT molecular complexity index is 330. The molecule has 0 amide bonds. The van der Waals surface area contributed by atoms with E-state index in [0.717, 1.165) is 6.07 Å². The molecule has 0 radical (unpaired) electrons. The number of hydrogen-bond acceptors (Lipinski definition) is 0. The van der Waals surface area contributed by atoms with E-state index < -0.39 is 17.6 Å². The highest BCUT2D eigenvalue weighted by Gasteiger charge is 2.33. The van der Waals surface area contributed by atoms with Crippen molar-refractivity contribution in [1.29, 1.82) is 0 Å². The molecule has 1 rings (SSSR count). The first-order chi connectivity index (χ1) is 5.82. The minimum atomic E-state index is -4.56. The lowest BCUT2D eigenvalue weighted by Gasteiger charge is -2.10. The predicted molar refractivity (Wildman–Crippen MR) is 41.1 cm³/mol. The first-order valence-electron chi connectivity index (χ1n) is 3.35. The molecule has 72 valence electrons. The Kier molecular flexibility index (Phi) is 2.52. The Labute approximate surface area is 77.1 Å². The highest BCUT2D eigenvalue weighted by atomic mass is 35.5. The molecule has 5 heteroatoms. The molecule has 0 bridgehead atoms. The second-order valence-electron chi connectivity index (χ2n) is 2.56. The van der Waals surface area contributed by atoms with E-state index in [1.54, 1.807) is 0 Å². The van der Waals surface area contributed by atoms with E-state index in [9.17, 15) is 17.6 Å². The van der Waals surface area contributed by atoms with Gasteiger partial charge in [-0.2, -0.15) is 13.2 Å². The fraction of sp³-hybridized carbons (Fsp3) is 0.250. The zero-order valence-electron chi connectivity index (χ0n) is 6.54. The normalized spacial score (nSPS) is 11.8. The largest absolute Gasteiger partial charge is 0.416 e. The monoisotopic (exact) mass is 212 g/mol. The molecule has 0 unspecified atom stereocenters. The molecule has 0 spiro atoms. The van der Waals surface area contributed by atoms with Gasteiger partial charge in [-0.3, -0.25) is 0 Å². The topological polar surface area (TPSA) is 0 Å². The average molecular weight is 213 g/mol. The van der Waals surface area contributed by atoms with Gasteiger partial charge in [0, 0.05) is 5.02 Å². The molecule has 0 N–H and O–H groups in total. The van der Waals surface area contributed by atoms with Crippen molar-refractivity contribution in [1.82, 2.24) is 0 Å². The number of rotatable bonds is 0. The predicted octanol–water partition coefficient (Wildman–Crippen LogP) is 3.81. The summed E-state index contributed by atoms with van der Waals surface area (Å²) in [4.78, 5) is 0. The molecule has 0 nitrogen and oxygen atoms in total. The van der Waals surface area contributed by atoms with E-state index in [1.807, 2.05) is 0 Å². The fourth-order valence-electron chi connectivity index (χ4n) is 0.940. The minimum absolute atomic E-state index is 0.157. The van der Waals surface area contributed by atoms with E-state index in [2.05, 4.69) is 0 Å². The van der Waals surface area contributed by atoms with Crippen LogP contribution in [-0.2, 0) is 6.18 Å². The molecule has 0 aliphatic rings. The Morgan fingerprint density at radius 3 is 2.23 bits per heavy atom. The maximum Gasteiger partial charge on any atom is 0.416 e. The highest BCUT2D eigenvalue weighted by Crippen LogP contribution is 2.35. The Balaban J connectivity index is 3.37. The van der Waals surface area contributed by atoms with Crippen molar-refractivity contribution < 1.29 is 17.6 Å². The van der Waals surface area contributed by atoms with Gasteiger partial charge in [0.25, 0.3) is 0 Å². The summed E-state index contributed by atoms with van der Waals surface area (Å²) >= 11 is 5.39. The summed E-state index contributed by atoms with van der Waals surface area (Å²) < 4.78 is 49.1. The van der Waals surface area contributed by atoms with Crippen molar-refractivity contribution in [3.63, 3.8) is 0 Å². The molecule has 0 fully saturated rings. The van der Waals surface area contributed by atoms with Gasteiger partial charge in [-0.1, -0.05) is 11.6 Å². The van der Waals surface area contributed by atoms with Crippen LogP contribution in [0.25, 0.3) is 0 Å². The number of alkyl halides is 3. The summed E-state index contributed by atoms with van der Waals surface area (Å²) in [6, 6.07) is 1.29. The van der Waals surface area contributed by atoms with E-state index >= 15 is 0 Å². The molecule has 1 aromatic carbocycles. The van der Waals surface area contributed by atoms with Crippen LogP contribution in [0.1, 0.15) is 11.1 Å². The molecule has 0 aromatic heterocycles. The first kappa shape index (κ1) is 10.3. The van der Waals surface area contributed by atoms with Gasteiger partial charge in [-0.05, 0) is 24.6 Å². The van der Waals surface area contributed by atoms with Crippen LogP contribution >= 0.6 is 11.6 Å². The summed E-state index contributed by atoms with van der Waals surface area (Å²) in [6.45, 7) is 1.20. The van der Waals surface area contributed by atoms with Crippen LogP contribution in [0.4, 0.5) is 17.6 Å². The molecular formula is C8H5ClF4. The van der Waals surface area contributed by atoms with Crippen molar-refractivity contribution in [2.24, 2.45) is 0 Å². The van der Waals surface area contributed by atoms with Crippen LogP contribution < -0.4 is 0 Å². The van der Waals surface area contributed by atoms with E-state index in [0.29, 0.717) is 6.07 Å². The molecule has 0 heterocycles. The standard InChI is InChI=1S/C8H5ClF4/c1-4-6(8(11,12)13)2-5(10)3-7(4)9/h2-3H,1H3. The quantitative estimate of drug-likeness (QED) is 0.574. The molecule has 0 aliphatic carbocycles. The lowest BCUT2D eigenvalue weighted by molar-refractivity contribution is -0.138. The second-order valence-corrected chi connectivity index (χ2v) is 2.97. The summed E-state index contributed by atoms with van der Waals surface area (Å²) in [5.74, 6) is -0.983. The fourth-order valence-corrected chi connectivity index (χ4v) is 1.15. The van der Waals surface area contributed by atoms with Crippen LogP contribution in [0, 0.1) is 12.7 Å².